The van der Waals surface area contributed by atoms with Crippen molar-refractivity contribution in [3.8, 4) is 11.4 Å². The highest BCUT2D eigenvalue weighted by Gasteiger charge is 2.28. The van der Waals surface area contributed by atoms with E-state index < -0.39 is 0 Å². The topological polar surface area (TPSA) is 88.8 Å². The molecule has 0 bridgehead atoms. The van der Waals surface area contributed by atoms with Crippen molar-refractivity contribution in [2.24, 2.45) is 0 Å². The first-order valence-corrected chi connectivity index (χ1v) is 9.69. The maximum atomic E-state index is 13.0. The largest absolute Gasteiger partial charge is 0.356 e. The van der Waals surface area contributed by atoms with E-state index in [2.05, 4.69) is 30.7 Å². The molecule has 1 saturated carbocycles. The van der Waals surface area contributed by atoms with Crippen molar-refractivity contribution >= 4 is 17.4 Å². The van der Waals surface area contributed by atoms with Crippen LogP contribution >= 0.6 is 0 Å². The van der Waals surface area contributed by atoms with Crippen LogP contribution in [0.15, 0.2) is 42.6 Å². The van der Waals surface area contributed by atoms with Gasteiger partial charge in [-0.1, -0.05) is 12.1 Å². The Labute approximate surface area is 162 Å². The molecule has 8 nitrogen and oxygen atoms in total. The molecule has 0 spiro atoms. The number of aromatic nitrogens is 5. The number of hydrogen-bond donors (Lipinski definition) is 1. The summed E-state index contributed by atoms with van der Waals surface area (Å²) in [6, 6.07) is 11.7. The van der Waals surface area contributed by atoms with E-state index in [1.54, 1.807) is 12.3 Å². The third-order valence-corrected chi connectivity index (χ3v) is 5.20. The molecule has 2 aromatic heterocycles. The number of carbonyl (C=O) groups excluding carboxylic acids is 1. The van der Waals surface area contributed by atoms with Gasteiger partial charge in [-0.3, -0.25) is 4.79 Å². The molecule has 0 unspecified atom stereocenters. The smallest absolute Gasteiger partial charge is 0.259 e. The van der Waals surface area contributed by atoms with Gasteiger partial charge in [-0.15, -0.1) is 5.10 Å². The monoisotopic (exact) mass is 375 g/mol. The van der Waals surface area contributed by atoms with E-state index >= 15 is 0 Å². The summed E-state index contributed by atoms with van der Waals surface area (Å²) in [5, 5.41) is 15.1. The van der Waals surface area contributed by atoms with Gasteiger partial charge in [0.1, 0.15) is 5.82 Å². The molecule has 1 amide bonds. The Morgan fingerprint density at radius 2 is 1.96 bits per heavy atom. The molecule has 2 fully saturated rings. The van der Waals surface area contributed by atoms with Gasteiger partial charge in [0.05, 0.1) is 11.6 Å². The molecule has 1 aliphatic carbocycles. The normalized spacial score (nSPS) is 16.4. The summed E-state index contributed by atoms with van der Waals surface area (Å²) in [6.07, 6.45) is 6.22. The van der Waals surface area contributed by atoms with E-state index in [-0.39, 0.29) is 5.91 Å². The molecule has 1 aromatic carbocycles. The Hall–Kier alpha value is -3.29. The summed E-state index contributed by atoms with van der Waals surface area (Å²) in [5.41, 5.74) is 2.20. The molecule has 0 atom stereocenters. The molecule has 1 aliphatic heterocycles. The number of nitrogens with zero attached hydrogens (tertiary/aromatic N) is 6. The van der Waals surface area contributed by atoms with E-state index in [9.17, 15) is 4.79 Å². The second-order valence-corrected chi connectivity index (χ2v) is 7.28. The second kappa shape index (κ2) is 7.03. The van der Waals surface area contributed by atoms with Gasteiger partial charge < -0.3 is 10.2 Å². The number of nitrogens with one attached hydrogen (secondary N) is 1. The lowest BCUT2D eigenvalue weighted by molar-refractivity contribution is 0.102. The molecule has 28 heavy (non-hydrogen) atoms. The van der Waals surface area contributed by atoms with Crippen LogP contribution in [0.5, 0.6) is 0 Å². The summed E-state index contributed by atoms with van der Waals surface area (Å²) in [7, 11) is 0. The number of amides is 1. The van der Waals surface area contributed by atoms with Crippen LogP contribution in [0.4, 0.5) is 11.5 Å². The quantitative estimate of drug-likeness (QED) is 0.738. The van der Waals surface area contributed by atoms with Crippen LogP contribution in [0.3, 0.4) is 0 Å². The number of carbonyl (C=O) groups is 1. The average molecular weight is 375 g/mol. The number of hydrogen-bond acceptors (Lipinski definition) is 6. The summed E-state index contributed by atoms with van der Waals surface area (Å²) >= 11 is 0. The molecule has 1 N–H and O–H groups in total. The zero-order chi connectivity index (χ0) is 18.9. The van der Waals surface area contributed by atoms with Gasteiger partial charge in [-0.25, -0.2) is 9.67 Å². The summed E-state index contributed by atoms with van der Waals surface area (Å²) < 4.78 is 1.87. The maximum Gasteiger partial charge on any atom is 0.259 e. The molecule has 3 heterocycles. The molecule has 0 radical (unpaired) electrons. The van der Waals surface area contributed by atoms with E-state index in [0.29, 0.717) is 17.3 Å². The molecule has 8 heteroatoms. The van der Waals surface area contributed by atoms with Crippen molar-refractivity contribution in [2.75, 3.05) is 23.3 Å². The molecule has 142 valence electrons. The van der Waals surface area contributed by atoms with Crippen LogP contribution in [0.1, 0.15) is 42.1 Å². The van der Waals surface area contributed by atoms with Gasteiger partial charge in [0.15, 0.2) is 5.82 Å². The third-order valence-electron chi connectivity index (χ3n) is 5.20. The zero-order valence-corrected chi connectivity index (χ0v) is 15.5. The number of pyridine rings is 1. The first-order chi connectivity index (χ1) is 13.8. The SMILES string of the molecule is O=C(Nc1cccc(-c2nnnn2C2CC2)c1)c1cccnc1N1CCCC1. The fraction of sp³-hybridized carbons (Fsp3) is 0.350. The van der Waals surface area contributed by atoms with Crippen LogP contribution in [-0.2, 0) is 0 Å². The van der Waals surface area contributed by atoms with E-state index in [0.717, 1.165) is 56.0 Å². The van der Waals surface area contributed by atoms with Crippen molar-refractivity contribution in [3.05, 3.63) is 48.2 Å². The Balaban J connectivity index is 1.40. The van der Waals surface area contributed by atoms with E-state index in [1.165, 1.54) is 0 Å². The summed E-state index contributed by atoms with van der Waals surface area (Å²) in [5.74, 6) is 1.33. The molecule has 1 saturated heterocycles. The Bertz CT molecular complexity index is 1010. The number of benzene rings is 1. The van der Waals surface area contributed by atoms with Crippen molar-refractivity contribution in [2.45, 2.75) is 31.7 Å². The highest BCUT2D eigenvalue weighted by molar-refractivity contribution is 6.07. The van der Waals surface area contributed by atoms with Crippen LogP contribution in [0, 0.1) is 0 Å². The van der Waals surface area contributed by atoms with Crippen LogP contribution in [0.2, 0.25) is 0 Å². The molecular formula is C20H21N7O. The predicted molar refractivity (Wildman–Crippen MR) is 105 cm³/mol. The molecule has 5 rings (SSSR count). The van der Waals surface area contributed by atoms with Crippen molar-refractivity contribution in [1.82, 2.24) is 25.2 Å². The zero-order valence-electron chi connectivity index (χ0n) is 15.5. The standard InChI is InChI=1S/C20H21N7O/c28-20(17-7-4-10-21-19(17)26-11-1-2-12-26)22-15-6-3-5-14(13-15)18-23-24-25-27(18)16-8-9-16/h3-7,10,13,16H,1-2,8-9,11-12H2,(H,22,28). The van der Waals surface area contributed by atoms with Gasteiger partial charge in [0.25, 0.3) is 5.91 Å². The minimum atomic E-state index is -0.158. The first kappa shape index (κ1) is 16.9. The van der Waals surface area contributed by atoms with Crippen molar-refractivity contribution in [3.63, 3.8) is 0 Å². The van der Waals surface area contributed by atoms with Crippen LogP contribution in [-0.4, -0.2) is 44.2 Å². The molecular weight excluding hydrogens is 354 g/mol. The van der Waals surface area contributed by atoms with Gasteiger partial charge in [-0.05, 0) is 60.4 Å². The number of anilines is 2. The van der Waals surface area contributed by atoms with Crippen molar-refractivity contribution < 1.29 is 4.79 Å². The minimum Gasteiger partial charge on any atom is -0.356 e. The van der Waals surface area contributed by atoms with Gasteiger partial charge in [-0.2, -0.15) is 0 Å². The lowest BCUT2D eigenvalue weighted by atomic mass is 10.1. The molecule has 3 aromatic rings. The van der Waals surface area contributed by atoms with Crippen LogP contribution < -0.4 is 10.2 Å². The highest BCUT2D eigenvalue weighted by Crippen LogP contribution is 2.36. The first-order valence-electron chi connectivity index (χ1n) is 9.69. The van der Waals surface area contributed by atoms with Crippen LogP contribution in [0.25, 0.3) is 11.4 Å². The number of tetrazole rings is 1. The van der Waals surface area contributed by atoms with Gasteiger partial charge >= 0.3 is 0 Å². The van der Waals surface area contributed by atoms with Gasteiger partial charge in [0.2, 0.25) is 0 Å². The van der Waals surface area contributed by atoms with Gasteiger partial charge in [0, 0.05) is 30.5 Å². The molecule has 2 aliphatic rings. The lowest BCUT2D eigenvalue weighted by Crippen LogP contribution is -2.24. The van der Waals surface area contributed by atoms with Crippen molar-refractivity contribution in [1.29, 1.82) is 0 Å². The predicted octanol–water partition coefficient (Wildman–Crippen LogP) is 2.92. The van der Waals surface area contributed by atoms with E-state index in [1.807, 2.05) is 35.0 Å². The fourth-order valence-corrected chi connectivity index (χ4v) is 3.64. The van der Waals surface area contributed by atoms with E-state index in [4.69, 9.17) is 0 Å². The highest BCUT2D eigenvalue weighted by atomic mass is 16.1. The lowest BCUT2D eigenvalue weighted by Gasteiger charge is -2.19. The maximum absolute atomic E-state index is 13.0. The summed E-state index contributed by atoms with van der Waals surface area (Å²) in [6.45, 7) is 1.88. The Morgan fingerprint density at radius 3 is 2.79 bits per heavy atom. The second-order valence-electron chi connectivity index (χ2n) is 7.28. The number of rotatable bonds is 5. The minimum absolute atomic E-state index is 0.158. The third kappa shape index (κ3) is 3.21. The fourth-order valence-electron chi connectivity index (χ4n) is 3.64. The summed E-state index contributed by atoms with van der Waals surface area (Å²) in [4.78, 5) is 19.6. The average Bonchev–Trinajstić information content (AvgIpc) is 3.21. The Kier molecular flexibility index (Phi) is 4.23. The Morgan fingerprint density at radius 1 is 1.11 bits per heavy atom.